The molecule has 2 amide bonds. The zero-order valence-corrected chi connectivity index (χ0v) is 19.1. The topological polar surface area (TPSA) is 65.0 Å². The lowest BCUT2D eigenvalue weighted by Crippen LogP contribution is -2.51. The Hall–Kier alpha value is -2.64. The lowest BCUT2D eigenvalue weighted by molar-refractivity contribution is -0.0113. The van der Waals surface area contributed by atoms with Gasteiger partial charge in [-0.3, -0.25) is 4.90 Å². The molecule has 0 bridgehead atoms. The Kier molecular flexibility index (Phi) is 8.47. The molecule has 0 radical (unpaired) electrons. The number of urea groups is 1. The first-order valence-corrected chi connectivity index (χ1v) is 11.2. The molecule has 174 valence electrons. The van der Waals surface area contributed by atoms with Gasteiger partial charge in [0.05, 0.1) is 6.61 Å². The third-order valence-electron chi connectivity index (χ3n) is 5.70. The fraction of sp³-hybridized carbons (Fsp3) is 0.480. The van der Waals surface area contributed by atoms with Gasteiger partial charge in [-0.1, -0.05) is 38.1 Å². The van der Waals surface area contributed by atoms with E-state index in [-0.39, 0.29) is 17.9 Å². The summed E-state index contributed by atoms with van der Waals surface area (Å²) >= 11 is 0. The van der Waals surface area contributed by atoms with Gasteiger partial charge in [0.15, 0.2) is 6.23 Å². The van der Waals surface area contributed by atoms with Crippen LogP contribution < -0.4 is 10.1 Å². The number of hydrogen-bond acceptors (Lipinski definition) is 4. The van der Waals surface area contributed by atoms with E-state index in [2.05, 4.69) is 24.1 Å². The molecule has 6 nitrogen and oxygen atoms in total. The minimum Gasteiger partial charge on any atom is -0.493 e. The van der Waals surface area contributed by atoms with Crippen molar-refractivity contribution in [3.05, 3.63) is 65.5 Å². The molecule has 2 aromatic rings. The molecule has 0 aromatic heterocycles. The Morgan fingerprint density at radius 3 is 2.38 bits per heavy atom. The summed E-state index contributed by atoms with van der Waals surface area (Å²) in [6.07, 6.45) is 0.393. The molecule has 2 N–H and O–H groups in total. The maximum Gasteiger partial charge on any atom is 0.320 e. The number of nitrogens with one attached hydrogen (secondary N) is 1. The molecule has 1 atom stereocenters. The number of aliphatic hydroxyl groups excluding tert-OH is 1. The second-order valence-corrected chi connectivity index (χ2v) is 8.87. The molecule has 0 aliphatic carbocycles. The van der Waals surface area contributed by atoms with Crippen LogP contribution in [0.15, 0.2) is 48.5 Å². The third-order valence-corrected chi connectivity index (χ3v) is 5.70. The zero-order valence-electron chi connectivity index (χ0n) is 19.1. The van der Waals surface area contributed by atoms with Crippen molar-refractivity contribution in [1.29, 1.82) is 0 Å². The van der Waals surface area contributed by atoms with Crippen molar-refractivity contribution >= 4 is 6.03 Å². The van der Waals surface area contributed by atoms with E-state index in [4.69, 9.17) is 4.74 Å². The molecule has 2 aromatic carbocycles. The Morgan fingerprint density at radius 2 is 1.78 bits per heavy atom. The average Bonchev–Trinajstić information content (AvgIpc) is 2.79. The van der Waals surface area contributed by atoms with E-state index in [1.54, 1.807) is 0 Å². The molecule has 0 spiro atoms. The fourth-order valence-corrected chi connectivity index (χ4v) is 3.78. The number of carbonyl (C=O) groups is 1. The maximum absolute atomic E-state index is 13.3. The summed E-state index contributed by atoms with van der Waals surface area (Å²) in [5.74, 6) is 0.873. The normalized spacial score (nSPS) is 16.1. The van der Waals surface area contributed by atoms with Gasteiger partial charge in [0.25, 0.3) is 0 Å². The van der Waals surface area contributed by atoms with Crippen molar-refractivity contribution in [2.75, 3.05) is 26.7 Å². The highest BCUT2D eigenvalue weighted by Crippen LogP contribution is 2.26. The van der Waals surface area contributed by atoms with Gasteiger partial charge in [-0.25, -0.2) is 9.18 Å². The summed E-state index contributed by atoms with van der Waals surface area (Å²) in [6, 6.07) is 12.8. The number of amides is 2. The molecule has 1 heterocycles. The third kappa shape index (κ3) is 6.68. The number of piperidine rings is 1. The molecule has 1 fully saturated rings. The van der Waals surface area contributed by atoms with Crippen molar-refractivity contribution in [1.82, 2.24) is 15.1 Å². The first-order valence-electron chi connectivity index (χ1n) is 11.2. The summed E-state index contributed by atoms with van der Waals surface area (Å²) in [6.45, 7) is 6.89. The lowest BCUT2D eigenvalue weighted by atomic mass is 10.0. The monoisotopic (exact) mass is 443 g/mol. The number of aliphatic hydroxyl groups is 1. The summed E-state index contributed by atoms with van der Waals surface area (Å²) < 4.78 is 19.0. The van der Waals surface area contributed by atoms with Crippen molar-refractivity contribution in [2.24, 2.45) is 5.92 Å². The lowest BCUT2D eigenvalue weighted by Gasteiger charge is -2.39. The number of hydrogen-bond donors (Lipinski definition) is 2. The molecular formula is C25H34FN3O3. The number of halogens is 1. The minimum atomic E-state index is -1.14. The number of ether oxygens (including phenoxy) is 1. The first kappa shape index (κ1) is 24.0. The molecule has 7 heteroatoms. The van der Waals surface area contributed by atoms with Crippen molar-refractivity contribution in [3.8, 4) is 5.75 Å². The van der Waals surface area contributed by atoms with E-state index in [0.717, 1.165) is 37.2 Å². The summed E-state index contributed by atoms with van der Waals surface area (Å²) in [5.41, 5.74) is 1.43. The summed E-state index contributed by atoms with van der Waals surface area (Å²) in [5, 5.41) is 13.9. The van der Waals surface area contributed by atoms with Gasteiger partial charge in [-0.05, 0) is 68.7 Å². The molecular weight excluding hydrogens is 409 g/mol. The van der Waals surface area contributed by atoms with Crippen molar-refractivity contribution < 1.29 is 19.0 Å². The van der Waals surface area contributed by atoms with Crippen molar-refractivity contribution in [2.45, 2.75) is 45.5 Å². The SMILES string of the molecule is CC(C)COc1ccc(CNC(=O)N(C2CCN(C)CC2)C(O)c2ccc(F)cc2)cc1. The van der Waals surface area contributed by atoms with E-state index in [0.29, 0.717) is 24.6 Å². The predicted molar refractivity (Wildman–Crippen MR) is 123 cm³/mol. The number of likely N-dealkylation sites (tertiary alicyclic amines) is 1. The van der Waals surface area contributed by atoms with Gasteiger partial charge >= 0.3 is 6.03 Å². The van der Waals surface area contributed by atoms with E-state index in [1.165, 1.54) is 29.2 Å². The number of nitrogens with zero attached hydrogens (tertiary/aromatic N) is 2. The first-order chi connectivity index (χ1) is 15.3. The Bertz CT molecular complexity index is 850. The van der Waals surface area contributed by atoms with Gasteiger partial charge in [0.2, 0.25) is 0 Å². The highest BCUT2D eigenvalue weighted by atomic mass is 19.1. The standard InChI is InChI=1S/C25H34FN3O3/c1-18(2)17-32-23-10-4-19(5-11-23)16-27-25(31)29(22-12-14-28(3)15-13-22)24(30)20-6-8-21(26)9-7-20/h4-11,18,22,24,30H,12-17H2,1-3H3,(H,27,31). The van der Waals surface area contributed by atoms with Gasteiger partial charge in [0, 0.05) is 18.2 Å². The van der Waals surface area contributed by atoms with Crippen LogP contribution in [-0.4, -0.2) is 53.7 Å². The number of rotatable bonds is 8. The zero-order chi connectivity index (χ0) is 23.1. The minimum absolute atomic E-state index is 0.0990. The average molecular weight is 444 g/mol. The van der Waals surface area contributed by atoms with E-state index in [1.807, 2.05) is 31.3 Å². The molecule has 1 aliphatic rings. The van der Waals surface area contributed by atoms with Crippen LogP contribution in [-0.2, 0) is 6.54 Å². The van der Waals surface area contributed by atoms with Crippen LogP contribution in [0.25, 0.3) is 0 Å². The van der Waals surface area contributed by atoms with Gasteiger partial charge in [0.1, 0.15) is 11.6 Å². The Labute approximate surface area is 190 Å². The molecule has 1 unspecified atom stereocenters. The van der Waals surface area contributed by atoms with Crippen LogP contribution in [0.2, 0.25) is 0 Å². The molecule has 0 saturated carbocycles. The van der Waals surface area contributed by atoms with Crippen LogP contribution in [0.1, 0.15) is 44.0 Å². The highest BCUT2D eigenvalue weighted by Gasteiger charge is 2.32. The van der Waals surface area contributed by atoms with E-state index >= 15 is 0 Å². The maximum atomic E-state index is 13.3. The fourth-order valence-electron chi connectivity index (χ4n) is 3.78. The second-order valence-electron chi connectivity index (χ2n) is 8.87. The largest absolute Gasteiger partial charge is 0.493 e. The van der Waals surface area contributed by atoms with Crippen molar-refractivity contribution in [3.63, 3.8) is 0 Å². The van der Waals surface area contributed by atoms with Crippen LogP contribution in [0.5, 0.6) is 5.75 Å². The Balaban J connectivity index is 1.67. The molecule has 1 saturated heterocycles. The van der Waals surface area contributed by atoms with Crippen LogP contribution >= 0.6 is 0 Å². The second kappa shape index (κ2) is 11.3. The summed E-state index contributed by atoms with van der Waals surface area (Å²) in [4.78, 5) is 16.9. The summed E-state index contributed by atoms with van der Waals surface area (Å²) in [7, 11) is 2.05. The quantitative estimate of drug-likeness (QED) is 0.602. The molecule has 32 heavy (non-hydrogen) atoms. The van der Waals surface area contributed by atoms with E-state index in [9.17, 15) is 14.3 Å². The van der Waals surface area contributed by atoms with Gasteiger partial charge in [-0.15, -0.1) is 0 Å². The van der Waals surface area contributed by atoms with Crippen LogP contribution in [0, 0.1) is 11.7 Å². The van der Waals surface area contributed by atoms with Gasteiger partial charge < -0.3 is 20.1 Å². The number of benzene rings is 2. The molecule has 1 aliphatic heterocycles. The van der Waals surface area contributed by atoms with E-state index < -0.39 is 6.23 Å². The Morgan fingerprint density at radius 1 is 1.16 bits per heavy atom. The number of carbonyl (C=O) groups excluding carboxylic acids is 1. The highest BCUT2D eigenvalue weighted by molar-refractivity contribution is 5.75. The predicted octanol–water partition coefficient (Wildman–Crippen LogP) is 4.16. The van der Waals surface area contributed by atoms with Crippen LogP contribution in [0.3, 0.4) is 0 Å². The smallest absolute Gasteiger partial charge is 0.320 e. The molecule has 3 rings (SSSR count). The van der Waals surface area contributed by atoms with Gasteiger partial charge in [-0.2, -0.15) is 0 Å². The van der Waals surface area contributed by atoms with Crippen LogP contribution in [0.4, 0.5) is 9.18 Å².